The minimum atomic E-state index is -0.629. The van der Waals surface area contributed by atoms with E-state index < -0.39 is 5.91 Å². The minimum Gasteiger partial charge on any atom is -0.366 e. The topological polar surface area (TPSA) is 66.9 Å². The Morgan fingerprint density at radius 1 is 1.50 bits per heavy atom. The van der Waals surface area contributed by atoms with Crippen molar-refractivity contribution in [2.24, 2.45) is 5.73 Å². The molecule has 2 N–H and O–H groups in total. The normalized spacial score (nSPS) is 9.81. The number of carbonyl (C=O) groups excluding carboxylic acids is 1. The lowest BCUT2D eigenvalue weighted by Crippen LogP contribution is -2.14. The molecule has 0 saturated heterocycles. The maximum absolute atomic E-state index is 11.2. The summed E-state index contributed by atoms with van der Waals surface area (Å²) >= 11 is 11.7. The molecular formula is C11H9Cl2N2O. The van der Waals surface area contributed by atoms with Crippen molar-refractivity contribution in [1.29, 1.82) is 5.26 Å². The summed E-state index contributed by atoms with van der Waals surface area (Å²) in [5.74, 6) is -0.629. The molecule has 83 valence electrons. The lowest BCUT2D eigenvalue weighted by Gasteiger charge is -2.08. The van der Waals surface area contributed by atoms with Crippen LogP contribution in [0.15, 0.2) is 12.1 Å². The Morgan fingerprint density at radius 2 is 2.19 bits per heavy atom. The molecule has 1 aromatic carbocycles. The Morgan fingerprint density at radius 3 is 2.75 bits per heavy atom. The molecular weight excluding hydrogens is 247 g/mol. The zero-order valence-corrected chi connectivity index (χ0v) is 9.85. The van der Waals surface area contributed by atoms with Gasteiger partial charge in [-0.3, -0.25) is 4.79 Å². The molecule has 0 atom stereocenters. The monoisotopic (exact) mass is 255 g/mol. The number of unbranched alkanes of at least 4 members (excludes halogenated alkanes) is 1. The highest BCUT2D eigenvalue weighted by atomic mass is 35.5. The summed E-state index contributed by atoms with van der Waals surface area (Å²) in [7, 11) is 0. The van der Waals surface area contributed by atoms with Crippen LogP contribution in [0.5, 0.6) is 0 Å². The van der Waals surface area contributed by atoms with E-state index in [0.717, 1.165) is 0 Å². The predicted octanol–water partition coefficient (Wildman–Crippen LogP) is 2.95. The van der Waals surface area contributed by atoms with Gasteiger partial charge in [0.15, 0.2) is 0 Å². The third-order valence-corrected chi connectivity index (χ3v) is 2.80. The highest BCUT2D eigenvalue weighted by Crippen LogP contribution is 2.29. The molecule has 0 unspecified atom stereocenters. The van der Waals surface area contributed by atoms with Gasteiger partial charge in [0.05, 0.1) is 21.7 Å². The number of primary amides is 1. The SMILES string of the molecule is N#CCC[CH]c1ccc(Cl)c(Cl)c1C(N)=O. The molecule has 0 fully saturated rings. The van der Waals surface area contributed by atoms with Crippen LogP contribution >= 0.6 is 23.2 Å². The Balaban J connectivity index is 3.05. The van der Waals surface area contributed by atoms with Gasteiger partial charge in [-0.15, -0.1) is 0 Å². The molecule has 0 aromatic heterocycles. The van der Waals surface area contributed by atoms with E-state index in [9.17, 15) is 4.79 Å². The van der Waals surface area contributed by atoms with Gasteiger partial charge in [-0.2, -0.15) is 5.26 Å². The van der Waals surface area contributed by atoms with Crippen LogP contribution in [-0.4, -0.2) is 5.91 Å². The average molecular weight is 256 g/mol. The summed E-state index contributed by atoms with van der Waals surface area (Å²) in [4.78, 5) is 11.2. The van der Waals surface area contributed by atoms with E-state index in [0.29, 0.717) is 18.4 Å². The first-order valence-corrected chi connectivity index (χ1v) is 5.31. The number of nitrogens with zero attached hydrogens (tertiary/aromatic N) is 1. The van der Waals surface area contributed by atoms with Gasteiger partial charge >= 0.3 is 0 Å². The number of hydrogen-bond acceptors (Lipinski definition) is 2. The largest absolute Gasteiger partial charge is 0.366 e. The quantitative estimate of drug-likeness (QED) is 0.841. The van der Waals surface area contributed by atoms with Crippen LogP contribution in [0, 0.1) is 17.8 Å². The number of halogens is 2. The van der Waals surface area contributed by atoms with Gasteiger partial charge in [-0.1, -0.05) is 29.3 Å². The van der Waals surface area contributed by atoms with Crippen molar-refractivity contribution >= 4 is 29.1 Å². The average Bonchev–Trinajstić information content (AvgIpc) is 2.23. The molecule has 5 heteroatoms. The molecule has 0 aliphatic rings. The number of carbonyl (C=O) groups is 1. The van der Waals surface area contributed by atoms with E-state index in [1.54, 1.807) is 18.6 Å². The first kappa shape index (κ1) is 12.8. The number of benzene rings is 1. The summed E-state index contributed by atoms with van der Waals surface area (Å²) in [5, 5.41) is 8.85. The minimum absolute atomic E-state index is 0.153. The second-order valence-electron chi connectivity index (χ2n) is 3.09. The highest BCUT2D eigenvalue weighted by Gasteiger charge is 2.15. The Labute approximate surface area is 104 Å². The van der Waals surface area contributed by atoms with Crippen LogP contribution < -0.4 is 5.73 Å². The van der Waals surface area contributed by atoms with Gasteiger partial charge < -0.3 is 5.73 Å². The summed E-state index contributed by atoms with van der Waals surface area (Å²) in [6, 6.07) is 5.26. The number of amides is 1. The maximum atomic E-state index is 11.2. The Bertz CT molecular complexity index is 452. The molecule has 0 aliphatic carbocycles. The van der Waals surface area contributed by atoms with Gasteiger partial charge in [0.25, 0.3) is 5.91 Å². The van der Waals surface area contributed by atoms with Crippen LogP contribution in [0.1, 0.15) is 28.8 Å². The lowest BCUT2D eigenvalue weighted by molar-refractivity contribution is 0.1000. The standard InChI is InChI=1S/C11H9Cl2N2O/c12-8-5-4-7(3-1-2-6-14)9(10(8)13)11(15)16/h3-5H,1-2H2,(H2,15,16). The molecule has 1 amide bonds. The smallest absolute Gasteiger partial charge is 0.250 e. The number of hydrogen-bond donors (Lipinski definition) is 1. The fourth-order valence-corrected chi connectivity index (χ4v) is 1.70. The lowest BCUT2D eigenvalue weighted by atomic mass is 10.0. The van der Waals surface area contributed by atoms with Gasteiger partial charge in [-0.05, 0) is 24.5 Å². The van der Waals surface area contributed by atoms with Crippen molar-refractivity contribution < 1.29 is 4.79 Å². The number of rotatable bonds is 4. The van der Waals surface area contributed by atoms with Crippen molar-refractivity contribution in [3.05, 3.63) is 39.7 Å². The van der Waals surface area contributed by atoms with Crippen LogP contribution in [0.2, 0.25) is 10.0 Å². The molecule has 0 saturated carbocycles. The van der Waals surface area contributed by atoms with E-state index in [-0.39, 0.29) is 15.6 Å². The van der Waals surface area contributed by atoms with Crippen molar-refractivity contribution in [2.75, 3.05) is 0 Å². The van der Waals surface area contributed by atoms with E-state index in [2.05, 4.69) is 0 Å². The van der Waals surface area contributed by atoms with Gasteiger partial charge in [0, 0.05) is 6.42 Å². The molecule has 1 rings (SSSR count). The summed E-state index contributed by atoms with van der Waals surface area (Å²) in [5.41, 5.74) is 6.03. The van der Waals surface area contributed by atoms with Crippen molar-refractivity contribution in [1.82, 2.24) is 0 Å². The first-order valence-electron chi connectivity index (χ1n) is 4.56. The van der Waals surface area contributed by atoms with Crippen LogP contribution in [0.4, 0.5) is 0 Å². The molecule has 16 heavy (non-hydrogen) atoms. The third kappa shape index (κ3) is 2.88. The third-order valence-electron chi connectivity index (χ3n) is 1.99. The summed E-state index contributed by atoms with van der Waals surface area (Å²) < 4.78 is 0. The van der Waals surface area contributed by atoms with Crippen molar-refractivity contribution in [3.8, 4) is 6.07 Å². The summed E-state index contributed by atoms with van der Waals surface area (Å²) in [6.07, 6.45) is 2.65. The summed E-state index contributed by atoms with van der Waals surface area (Å²) in [6.45, 7) is 0. The second kappa shape index (κ2) is 5.74. The molecule has 0 heterocycles. The fraction of sp³-hybridized carbons (Fsp3) is 0.182. The molecule has 0 spiro atoms. The second-order valence-corrected chi connectivity index (χ2v) is 3.88. The fourth-order valence-electron chi connectivity index (χ4n) is 1.28. The molecule has 0 aliphatic heterocycles. The van der Waals surface area contributed by atoms with Crippen molar-refractivity contribution in [3.63, 3.8) is 0 Å². The van der Waals surface area contributed by atoms with Crippen LogP contribution in [0.25, 0.3) is 0 Å². The predicted molar refractivity (Wildman–Crippen MR) is 63.2 cm³/mol. The Kier molecular flexibility index (Phi) is 4.60. The van der Waals surface area contributed by atoms with E-state index in [4.69, 9.17) is 34.2 Å². The van der Waals surface area contributed by atoms with Gasteiger partial charge in [-0.25, -0.2) is 0 Å². The van der Waals surface area contributed by atoms with Gasteiger partial charge in [0.1, 0.15) is 0 Å². The van der Waals surface area contributed by atoms with E-state index >= 15 is 0 Å². The molecule has 1 radical (unpaired) electrons. The number of nitriles is 1. The first-order chi connectivity index (χ1) is 7.57. The highest BCUT2D eigenvalue weighted by molar-refractivity contribution is 6.44. The zero-order chi connectivity index (χ0) is 12.1. The van der Waals surface area contributed by atoms with E-state index in [1.807, 2.05) is 6.07 Å². The molecule has 3 nitrogen and oxygen atoms in total. The molecule has 0 bridgehead atoms. The van der Waals surface area contributed by atoms with Gasteiger partial charge in [0.2, 0.25) is 0 Å². The van der Waals surface area contributed by atoms with E-state index in [1.165, 1.54) is 0 Å². The molecule has 1 aromatic rings. The maximum Gasteiger partial charge on any atom is 0.250 e. The Hall–Kier alpha value is -1.24. The van der Waals surface area contributed by atoms with Crippen molar-refractivity contribution in [2.45, 2.75) is 12.8 Å². The zero-order valence-electron chi connectivity index (χ0n) is 8.34. The number of nitrogens with two attached hydrogens (primary N) is 1. The van der Waals surface area contributed by atoms with Crippen LogP contribution in [0.3, 0.4) is 0 Å². The van der Waals surface area contributed by atoms with Crippen LogP contribution in [-0.2, 0) is 0 Å².